The van der Waals surface area contributed by atoms with Gasteiger partial charge in [-0.3, -0.25) is 15.0 Å². The molecular formula is C17H23BrFN3O4. The Labute approximate surface area is 160 Å². The summed E-state index contributed by atoms with van der Waals surface area (Å²) in [6.07, 6.45) is -0.384. The zero-order valence-electron chi connectivity index (χ0n) is 15.3. The second-order valence-corrected chi connectivity index (χ2v) is 8.32. The van der Waals surface area contributed by atoms with E-state index in [2.05, 4.69) is 15.9 Å². The van der Waals surface area contributed by atoms with Crippen LogP contribution in [0.15, 0.2) is 16.6 Å². The molecule has 1 aromatic rings. The lowest BCUT2D eigenvalue weighted by Gasteiger charge is -2.40. The third-order valence-corrected chi connectivity index (χ3v) is 4.51. The molecule has 0 spiro atoms. The van der Waals surface area contributed by atoms with Crippen LogP contribution in [0, 0.1) is 15.9 Å². The third-order valence-electron chi connectivity index (χ3n) is 4.05. The number of nitro groups is 1. The van der Waals surface area contributed by atoms with E-state index in [9.17, 15) is 19.3 Å². The number of nitrogens with zero attached hydrogens (tertiary/aromatic N) is 3. The van der Waals surface area contributed by atoms with Crippen molar-refractivity contribution in [1.82, 2.24) is 9.80 Å². The maximum Gasteiger partial charge on any atom is 0.410 e. The molecule has 0 aliphatic carbocycles. The van der Waals surface area contributed by atoms with Gasteiger partial charge in [0.1, 0.15) is 11.4 Å². The Balaban J connectivity index is 2.09. The van der Waals surface area contributed by atoms with E-state index in [1.54, 1.807) is 25.7 Å². The zero-order chi connectivity index (χ0) is 19.6. The lowest BCUT2D eigenvalue weighted by molar-refractivity contribution is -0.386. The molecule has 144 valence electrons. The Morgan fingerprint density at radius 3 is 2.62 bits per heavy atom. The largest absolute Gasteiger partial charge is 0.444 e. The van der Waals surface area contributed by atoms with Crippen molar-refractivity contribution in [1.29, 1.82) is 0 Å². The van der Waals surface area contributed by atoms with Gasteiger partial charge >= 0.3 is 6.09 Å². The molecule has 1 saturated heterocycles. The molecule has 0 radical (unpaired) electrons. The van der Waals surface area contributed by atoms with Crippen LogP contribution in [0.5, 0.6) is 0 Å². The molecule has 1 aromatic carbocycles. The molecule has 26 heavy (non-hydrogen) atoms. The molecule has 2 rings (SSSR count). The van der Waals surface area contributed by atoms with Gasteiger partial charge in [-0.15, -0.1) is 0 Å². The van der Waals surface area contributed by atoms with Gasteiger partial charge in [0, 0.05) is 42.8 Å². The van der Waals surface area contributed by atoms with Crippen molar-refractivity contribution in [3.8, 4) is 0 Å². The van der Waals surface area contributed by atoms with E-state index in [4.69, 9.17) is 4.74 Å². The van der Waals surface area contributed by atoms with Gasteiger partial charge in [0.25, 0.3) is 5.69 Å². The monoisotopic (exact) mass is 431 g/mol. The van der Waals surface area contributed by atoms with Crippen molar-refractivity contribution in [2.75, 3.05) is 19.6 Å². The third kappa shape index (κ3) is 5.14. The Hall–Kier alpha value is -1.74. The number of carbonyl (C=O) groups is 1. The molecule has 1 heterocycles. The summed E-state index contributed by atoms with van der Waals surface area (Å²) in [5.74, 6) is -0.617. The van der Waals surface area contributed by atoms with Gasteiger partial charge in [-0.05, 0) is 33.8 Å². The number of hydrogen-bond acceptors (Lipinski definition) is 5. The normalized spacial score (nSPS) is 18.7. The summed E-state index contributed by atoms with van der Waals surface area (Å²) in [4.78, 5) is 26.5. The SMILES string of the molecule is CC1CN(Cc2c(F)cc(Br)cc2[N+](=O)[O-])CCN1C(=O)OC(C)(C)C. The quantitative estimate of drug-likeness (QED) is 0.534. The van der Waals surface area contributed by atoms with Crippen molar-refractivity contribution < 1.29 is 18.8 Å². The molecule has 1 aliphatic rings. The maximum absolute atomic E-state index is 14.3. The molecule has 0 N–H and O–H groups in total. The molecule has 0 bridgehead atoms. The lowest BCUT2D eigenvalue weighted by atomic mass is 10.1. The Morgan fingerprint density at radius 2 is 2.08 bits per heavy atom. The summed E-state index contributed by atoms with van der Waals surface area (Å²) in [5, 5.41) is 11.2. The number of benzene rings is 1. The molecule has 1 atom stereocenters. The van der Waals surface area contributed by atoms with Crippen LogP contribution in [0.2, 0.25) is 0 Å². The van der Waals surface area contributed by atoms with Crippen LogP contribution in [0.25, 0.3) is 0 Å². The number of halogens is 2. The van der Waals surface area contributed by atoms with Crippen molar-refractivity contribution in [3.63, 3.8) is 0 Å². The van der Waals surface area contributed by atoms with Crippen molar-refractivity contribution in [2.45, 2.75) is 45.9 Å². The van der Waals surface area contributed by atoms with Crippen LogP contribution in [0.1, 0.15) is 33.3 Å². The van der Waals surface area contributed by atoms with Crippen molar-refractivity contribution in [3.05, 3.63) is 38.1 Å². The summed E-state index contributed by atoms with van der Waals surface area (Å²) >= 11 is 3.08. The van der Waals surface area contributed by atoms with E-state index in [0.29, 0.717) is 24.1 Å². The first-order valence-corrected chi connectivity index (χ1v) is 9.11. The minimum absolute atomic E-state index is 0.0520. The van der Waals surface area contributed by atoms with Gasteiger partial charge in [-0.1, -0.05) is 15.9 Å². The van der Waals surface area contributed by atoms with E-state index >= 15 is 0 Å². The summed E-state index contributed by atoms with van der Waals surface area (Å²) < 4.78 is 20.0. The summed E-state index contributed by atoms with van der Waals surface area (Å²) in [7, 11) is 0. The lowest BCUT2D eigenvalue weighted by Crippen LogP contribution is -2.54. The number of nitro benzene ring substituents is 1. The predicted octanol–water partition coefficient (Wildman–Crippen LogP) is 3.94. The summed E-state index contributed by atoms with van der Waals surface area (Å²) in [5.41, 5.74) is -0.773. The molecule has 0 aromatic heterocycles. The van der Waals surface area contributed by atoms with E-state index in [1.165, 1.54) is 12.1 Å². The molecule has 1 aliphatic heterocycles. The molecular weight excluding hydrogens is 409 g/mol. The fourth-order valence-electron chi connectivity index (χ4n) is 2.90. The number of hydrogen-bond donors (Lipinski definition) is 0. The minimum atomic E-state index is -0.617. The van der Waals surface area contributed by atoms with Crippen LogP contribution in [-0.2, 0) is 11.3 Å². The Bertz CT molecular complexity index is 708. The molecule has 9 heteroatoms. The fourth-order valence-corrected chi connectivity index (χ4v) is 3.32. The highest BCUT2D eigenvalue weighted by Gasteiger charge is 2.32. The average molecular weight is 432 g/mol. The Kier molecular flexibility index (Phi) is 6.23. The van der Waals surface area contributed by atoms with Crippen LogP contribution in [-0.4, -0.2) is 52.1 Å². The first-order chi connectivity index (χ1) is 12.0. The zero-order valence-corrected chi connectivity index (χ0v) is 16.9. The van der Waals surface area contributed by atoms with Crippen LogP contribution >= 0.6 is 15.9 Å². The summed E-state index contributed by atoms with van der Waals surface area (Å²) in [6.45, 7) is 8.79. The smallest absolute Gasteiger partial charge is 0.410 e. The van der Waals surface area contributed by atoms with E-state index in [-0.39, 0.29) is 29.9 Å². The highest BCUT2D eigenvalue weighted by molar-refractivity contribution is 9.10. The average Bonchev–Trinajstić information content (AvgIpc) is 2.47. The molecule has 0 saturated carbocycles. The summed E-state index contributed by atoms with van der Waals surface area (Å²) in [6, 6.07) is 2.39. The molecule has 7 nitrogen and oxygen atoms in total. The van der Waals surface area contributed by atoms with Gasteiger partial charge in [-0.2, -0.15) is 0 Å². The standard InChI is InChI=1S/C17H23BrFN3O4/c1-11-9-20(5-6-21(11)16(23)26-17(2,3)4)10-13-14(19)7-12(18)8-15(13)22(24)25/h7-8,11H,5-6,9-10H2,1-4H3. The maximum atomic E-state index is 14.3. The van der Waals surface area contributed by atoms with Crippen LogP contribution < -0.4 is 0 Å². The van der Waals surface area contributed by atoms with Gasteiger partial charge in [0.15, 0.2) is 0 Å². The Morgan fingerprint density at radius 1 is 1.42 bits per heavy atom. The highest BCUT2D eigenvalue weighted by Crippen LogP contribution is 2.28. The topological polar surface area (TPSA) is 75.9 Å². The predicted molar refractivity (Wildman–Crippen MR) is 98.4 cm³/mol. The number of rotatable bonds is 3. The molecule has 1 amide bonds. The number of piperazine rings is 1. The van der Waals surface area contributed by atoms with Crippen molar-refractivity contribution >= 4 is 27.7 Å². The minimum Gasteiger partial charge on any atom is -0.444 e. The number of carbonyl (C=O) groups excluding carboxylic acids is 1. The number of amides is 1. The van der Waals surface area contributed by atoms with E-state index in [0.717, 1.165) is 0 Å². The second-order valence-electron chi connectivity index (χ2n) is 7.40. The second kappa shape index (κ2) is 7.87. The first-order valence-electron chi connectivity index (χ1n) is 8.32. The van der Waals surface area contributed by atoms with E-state index in [1.807, 2.05) is 11.8 Å². The van der Waals surface area contributed by atoms with Gasteiger partial charge in [-0.25, -0.2) is 9.18 Å². The van der Waals surface area contributed by atoms with E-state index < -0.39 is 16.3 Å². The fraction of sp³-hybridized carbons (Fsp3) is 0.588. The van der Waals surface area contributed by atoms with Crippen molar-refractivity contribution in [2.24, 2.45) is 0 Å². The van der Waals surface area contributed by atoms with Crippen LogP contribution in [0.3, 0.4) is 0 Å². The molecule has 1 fully saturated rings. The van der Waals surface area contributed by atoms with Gasteiger partial charge < -0.3 is 9.64 Å². The van der Waals surface area contributed by atoms with Gasteiger partial charge in [0.05, 0.1) is 10.5 Å². The highest BCUT2D eigenvalue weighted by atomic mass is 79.9. The molecule has 1 unspecified atom stereocenters. The first kappa shape index (κ1) is 20.6. The number of ether oxygens (including phenoxy) is 1. The van der Waals surface area contributed by atoms with Gasteiger partial charge in [0.2, 0.25) is 0 Å². The van der Waals surface area contributed by atoms with Crippen LogP contribution in [0.4, 0.5) is 14.9 Å².